The second-order valence-corrected chi connectivity index (χ2v) is 7.03. The van der Waals surface area contributed by atoms with Crippen LogP contribution in [0.25, 0.3) is 0 Å². The number of benzene rings is 1. The summed E-state index contributed by atoms with van der Waals surface area (Å²) in [5.74, 6) is -1.34. The molecule has 1 aliphatic rings. The molecule has 29 heavy (non-hydrogen) atoms. The molecule has 2 rings (SSSR count). The van der Waals surface area contributed by atoms with Crippen LogP contribution in [-0.2, 0) is 31.8 Å². The molecule has 1 heterocycles. The highest BCUT2D eigenvalue weighted by Crippen LogP contribution is 2.30. The molecular weight excluding hydrogens is 396 g/mol. The van der Waals surface area contributed by atoms with Gasteiger partial charge in [0.2, 0.25) is 5.91 Å². The minimum absolute atomic E-state index is 0.0307. The van der Waals surface area contributed by atoms with Gasteiger partial charge in [-0.2, -0.15) is 13.2 Å². The molecule has 1 N–H and O–H groups in total. The lowest BCUT2D eigenvalue weighted by Gasteiger charge is -2.40. The number of carbonyl (C=O) groups excluding carboxylic acids is 2. The quantitative estimate of drug-likeness (QED) is 0.465. The molecule has 10 heteroatoms. The van der Waals surface area contributed by atoms with Gasteiger partial charge in [-0.15, -0.1) is 0 Å². The van der Waals surface area contributed by atoms with E-state index in [4.69, 9.17) is 9.47 Å². The second kappa shape index (κ2) is 10.0. The van der Waals surface area contributed by atoms with Crippen LogP contribution >= 0.6 is 0 Å². The van der Waals surface area contributed by atoms with E-state index >= 15 is 0 Å². The zero-order valence-electron chi connectivity index (χ0n) is 16.2. The van der Waals surface area contributed by atoms with Gasteiger partial charge in [0, 0.05) is 30.6 Å². The van der Waals surface area contributed by atoms with Crippen molar-refractivity contribution >= 4 is 12.4 Å². The first-order valence-electron chi connectivity index (χ1n) is 9.14. The van der Waals surface area contributed by atoms with Gasteiger partial charge in [0.15, 0.2) is 0 Å². The van der Waals surface area contributed by atoms with Crippen LogP contribution in [0.5, 0.6) is 0 Å². The Bertz CT molecular complexity index is 708. The standard InChI is InChI=1S/C19H24F4N2O4/c1-12(5-15(24-2)10-28-11-26)18(27)25-7-16(8-25)29-9-13-3-4-14(6-17(13)20)19(21,22)23/h3-4,6,11-12,15-16,24H,5,7-10H2,1-2H3. The van der Waals surface area contributed by atoms with Crippen LogP contribution in [0.15, 0.2) is 18.2 Å². The Morgan fingerprint density at radius 3 is 2.62 bits per heavy atom. The number of nitrogens with one attached hydrogen (secondary N) is 1. The van der Waals surface area contributed by atoms with Crippen LogP contribution < -0.4 is 5.32 Å². The fourth-order valence-corrected chi connectivity index (χ4v) is 3.04. The average Bonchev–Trinajstić information content (AvgIpc) is 2.63. The lowest BCUT2D eigenvalue weighted by Crippen LogP contribution is -2.56. The van der Waals surface area contributed by atoms with E-state index in [1.54, 1.807) is 18.9 Å². The second-order valence-electron chi connectivity index (χ2n) is 7.03. The highest BCUT2D eigenvalue weighted by atomic mass is 19.4. The summed E-state index contributed by atoms with van der Waals surface area (Å²) < 4.78 is 61.7. The van der Waals surface area contributed by atoms with Crippen molar-refractivity contribution in [2.45, 2.75) is 38.3 Å². The van der Waals surface area contributed by atoms with Gasteiger partial charge in [-0.1, -0.05) is 13.0 Å². The summed E-state index contributed by atoms with van der Waals surface area (Å²) in [7, 11) is 1.71. The molecule has 0 bridgehead atoms. The van der Waals surface area contributed by atoms with E-state index in [0.717, 1.165) is 12.1 Å². The molecule has 2 atom stereocenters. The van der Waals surface area contributed by atoms with E-state index in [9.17, 15) is 27.2 Å². The molecule has 0 aromatic heterocycles. The number of rotatable bonds is 10. The van der Waals surface area contributed by atoms with Crippen LogP contribution in [0, 0.1) is 11.7 Å². The molecule has 1 fully saturated rings. The maximum absolute atomic E-state index is 13.8. The summed E-state index contributed by atoms with van der Waals surface area (Å²) in [5.41, 5.74) is -1.02. The van der Waals surface area contributed by atoms with Crippen molar-refractivity contribution in [1.29, 1.82) is 0 Å². The normalized spacial score (nSPS) is 16.8. The van der Waals surface area contributed by atoms with Crippen molar-refractivity contribution in [2.24, 2.45) is 5.92 Å². The van der Waals surface area contributed by atoms with Crippen LogP contribution in [0.3, 0.4) is 0 Å². The number of likely N-dealkylation sites (tertiary alicyclic amines) is 1. The van der Waals surface area contributed by atoms with Crippen LogP contribution in [0.2, 0.25) is 0 Å². The maximum Gasteiger partial charge on any atom is 0.416 e. The SMILES string of the molecule is CNC(COC=O)CC(C)C(=O)N1CC(OCc2ccc(C(F)(F)F)cc2F)C1. The Labute approximate surface area is 166 Å². The molecule has 1 amide bonds. The van der Waals surface area contributed by atoms with Crippen molar-refractivity contribution in [3.8, 4) is 0 Å². The number of likely N-dealkylation sites (N-methyl/N-ethyl adjacent to an activating group) is 1. The van der Waals surface area contributed by atoms with E-state index in [1.807, 2.05) is 0 Å². The van der Waals surface area contributed by atoms with Crippen molar-refractivity contribution in [3.63, 3.8) is 0 Å². The topological polar surface area (TPSA) is 67.9 Å². The van der Waals surface area contributed by atoms with Gasteiger partial charge in [-0.3, -0.25) is 9.59 Å². The highest BCUT2D eigenvalue weighted by Gasteiger charge is 2.35. The van der Waals surface area contributed by atoms with Crippen LogP contribution in [0.4, 0.5) is 17.6 Å². The van der Waals surface area contributed by atoms with E-state index in [0.29, 0.717) is 32.0 Å². The minimum Gasteiger partial charge on any atom is -0.466 e. The summed E-state index contributed by atoms with van der Waals surface area (Å²) >= 11 is 0. The number of ether oxygens (including phenoxy) is 2. The molecule has 0 spiro atoms. The van der Waals surface area contributed by atoms with Crippen molar-refractivity contribution < 1.29 is 36.6 Å². The molecular formula is C19H24F4N2O4. The Hall–Kier alpha value is -2.20. The summed E-state index contributed by atoms with van der Waals surface area (Å²) in [6, 6.07) is 2.17. The van der Waals surface area contributed by atoms with Crippen LogP contribution in [-0.4, -0.2) is 56.2 Å². The smallest absolute Gasteiger partial charge is 0.416 e. The minimum atomic E-state index is -4.60. The number of hydrogen-bond donors (Lipinski definition) is 1. The number of amides is 1. The summed E-state index contributed by atoms with van der Waals surface area (Å²) in [5, 5.41) is 2.98. The largest absolute Gasteiger partial charge is 0.466 e. The number of halogens is 4. The van der Waals surface area contributed by atoms with E-state index in [-0.39, 0.29) is 42.7 Å². The molecule has 0 radical (unpaired) electrons. The lowest BCUT2D eigenvalue weighted by atomic mass is 9.98. The van der Waals surface area contributed by atoms with Crippen LogP contribution in [0.1, 0.15) is 24.5 Å². The number of nitrogens with zero attached hydrogens (tertiary/aromatic N) is 1. The molecule has 1 aromatic rings. The van der Waals surface area contributed by atoms with Crippen molar-refractivity contribution in [2.75, 3.05) is 26.7 Å². The highest BCUT2D eigenvalue weighted by molar-refractivity contribution is 5.79. The maximum atomic E-state index is 13.8. The molecule has 6 nitrogen and oxygen atoms in total. The van der Waals surface area contributed by atoms with Gasteiger partial charge in [0.05, 0.1) is 18.3 Å². The predicted molar refractivity (Wildman–Crippen MR) is 95.2 cm³/mol. The summed E-state index contributed by atoms with van der Waals surface area (Å²) in [4.78, 5) is 24.3. The van der Waals surface area contributed by atoms with Gasteiger partial charge < -0.3 is 19.7 Å². The van der Waals surface area contributed by atoms with Gasteiger partial charge in [0.1, 0.15) is 12.4 Å². The number of hydrogen-bond acceptors (Lipinski definition) is 5. The third-order valence-corrected chi connectivity index (χ3v) is 4.85. The Morgan fingerprint density at radius 2 is 2.07 bits per heavy atom. The predicted octanol–water partition coefficient (Wildman–Crippen LogP) is 2.36. The first-order chi connectivity index (χ1) is 13.7. The fraction of sp³-hybridized carbons (Fsp3) is 0.579. The van der Waals surface area contributed by atoms with E-state index < -0.39 is 17.6 Å². The first kappa shape index (κ1) is 23.1. The monoisotopic (exact) mass is 420 g/mol. The van der Waals surface area contributed by atoms with E-state index in [1.165, 1.54) is 0 Å². The molecule has 1 aromatic carbocycles. The molecule has 1 saturated heterocycles. The number of alkyl halides is 3. The molecule has 0 aliphatic carbocycles. The van der Waals surface area contributed by atoms with E-state index in [2.05, 4.69) is 5.32 Å². The van der Waals surface area contributed by atoms with Gasteiger partial charge >= 0.3 is 6.18 Å². The Balaban J connectivity index is 1.77. The number of carbonyl (C=O) groups is 2. The molecule has 2 unspecified atom stereocenters. The first-order valence-corrected chi connectivity index (χ1v) is 9.14. The van der Waals surface area contributed by atoms with Gasteiger partial charge in [-0.25, -0.2) is 4.39 Å². The third kappa shape index (κ3) is 6.40. The summed E-state index contributed by atoms with van der Waals surface area (Å²) in [6.45, 7) is 2.80. The van der Waals surface area contributed by atoms with Gasteiger partial charge in [-0.05, 0) is 25.6 Å². The van der Waals surface area contributed by atoms with Crippen molar-refractivity contribution in [1.82, 2.24) is 10.2 Å². The zero-order chi connectivity index (χ0) is 21.6. The Kier molecular flexibility index (Phi) is 7.97. The van der Waals surface area contributed by atoms with Gasteiger partial charge in [0.25, 0.3) is 6.47 Å². The third-order valence-electron chi connectivity index (χ3n) is 4.85. The van der Waals surface area contributed by atoms with Crippen molar-refractivity contribution in [3.05, 3.63) is 35.1 Å². The average molecular weight is 420 g/mol. The molecule has 1 aliphatic heterocycles. The summed E-state index contributed by atoms with van der Waals surface area (Å²) in [6.07, 6.45) is -4.41. The zero-order valence-corrected chi connectivity index (χ0v) is 16.2. The fourth-order valence-electron chi connectivity index (χ4n) is 3.04. The molecule has 162 valence electrons. The lowest BCUT2D eigenvalue weighted by molar-refractivity contribution is -0.150. The molecule has 0 saturated carbocycles. The Morgan fingerprint density at radius 1 is 1.38 bits per heavy atom.